The maximum atomic E-state index is 13.0. The summed E-state index contributed by atoms with van der Waals surface area (Å²) in [6.45, 7) is 0.260. The van der Waals surface area contributed by atoms with Gasteiger partial charge >= 0.3 is 0 Å². The van der Waals surface area contributed by atoms with Crippen LogP contribution in [0.1, 0.15) is 5.56 Å². The Kier molecular flexibility index (Phi) is 3.79. The molecule has 0 amide bonds. The van der Waals surface area contributed by atoms with Gasteiger partial charge in [-0.15, -0.1) is 0 Å². The van der Waals surface area contributed by atoms with Gasteiger partial charge in [-0.05, 0) is 24.3 Å². The Balaban J connectivity index is 2.33. The highest BCUT2D eigenvalue weighted by molar-refractivity contribution is 6.30. The molecule has 0 radical (unpaired) electrons. The second-order valence-corrected chi connectivity index (χ2v) is 4.07. The van der Waals surface area contributed by atoms with Crippen LogP contribution < -0.4 is 10.5 Å². The van der Waals surface area contributed by atoms with Gasteiger partial charge in [-0.2, -0.15) is 0 Å². The third-order valence-corrected chi connectivity index (χ3v) is 2.60. The molecular weight excluding hydrogens is 260 g/mol. The van der Waals surface area contributed by atoms with Crippen LogP contribution in [0, 0.1) is 11.6 Å². The summed E-state index contributed by atoms with van der Waals surface area (Å²) in [5.74, 6) is -1.28. The Hall–Kier alpha value is -1.65. The fraction of sp³-hybridized carbons (Fsp3) is 0.0769. The molecule has 0 fully saturated rings. The average Bonchev–Trinajstić information content (AvgIpc) is 2.34. The van der Waals surface area contributed by atoms with Crippen LogP contribution in [-0.4, -0.2) is 0 Å². The number of hydrogen-bond acceptors (Lipinski definition) is 2. The molecule has 0 atom stereocenters. The first-order chi connectivity index (χ1) is 8.60. The molecule has 0 heterocycles. The molecule has 2 nitrogen and oxygen atoms in total. The van der Waals surface area contributed by atoms with Crippen molar-refractivity contribution in [3.63, 3.8) is 0 Å². The molecule has 5 heteroatoms. The molecule has 0 aliphatic rings. The Labute approximate surface area is 108 Å². The molecule has 0 unspecified atom stereocenters. The Morgan fingerprint density at radius 3 is 2.50 bits per heavy atom. The fourth-order valence-electron chi connectivity index (χ4n) is 1.46. The highest BCUT2D eigenvalue weighted by Crippen LogP contribution is 2.29. The molecule has 0 aliphatic carbocycles. The van der Waals surface area contributed by atoms with Crippen LogP contribution in [0.5, 0.6) is 11.5 Å². The van der Waals surface area contributed by atoms with Crippen molar-refractivity contribution in [2.45, 2.75) is 6.54 Å². The normalized spacial score (nSPS) is 10.4. The molecular formula is C13H10ClF2NO. The quantitative estimate of drug-likeness (QED) is 0.918. The van der Waals surface area contributed by atoms with Crippen molar-refractivity contribution < 1.29 is 13.5 Å². The summed E-state index contributed by atoms with van der Waals surface area (Å²) >= 11 is 5.84. The van der Waals surface area contributed by atoms with Gasteiger partial charge in [-0.1, -0.05) is 17.7 Å². The summed E-state index contributed by atoms with van der Waals surface area (Å²) in [5, 5.41) is 0.477. The van der Waals surface area contributed by atoms with Crippen LogP contribution in [0.25, 0.3) is 0 Å². The highest BCUT2D eigenvalue weighted by atomic mass is 35.5. The fourth-order valence-corrected chi connectivity index (χ4v) is 1.62. The summed E-state index contributed by atoms with van der Waals surface area (Å²) in [5.41, 5.74) is 6.28. The second-order valence-electron chi connectivity index (χ2n) is 3.63. The molecule has 0 saturated heterocycles. The minimum Gasteiger partial charge on any atom is -0.457 e. The van der Waals surface area contributed by atoms with E-state index in [1.807, 2.05) is 0 Å². The molecule has 2 aromatic rings. The molecule has 94 valence electrons. The number of hydrogen-bond donors (Lipinski definition) is 1. The Morgan fingerprint density at radius 1 is 1.06 bits per heavy atom. The molecule has 0 saturated carbocycles. The van der Waals surface area contributed by atoms with Crippen molar-refractivity contribution in [1.29, 1.82) is 0 Å². The summed E-state index contributed by atoms with van der Waals surface area (Å²) in [7, 11) is 0. The van der Waals surface area contributed by atoms with Gasteiger partial charge in [0.15, 0.2) is 11.6 Å². The molecule has 0 aromatic heterocycles. The van der Waals surface area contributed by atoms with Crippen LogP contribution in [0.4, 0.5) is 8.78 Å². The number of rotatable bonds is 3. The Bertz CT molecular complexity index is 575. The van der Waals surface area contributed by atoms with Gasteiger partial charge in [0.05, 0.1) is 0 Å². The first kappa shape index (κ1) is 12.8. The van der Waals surface area contributed by atoms with E-state index in [4.69, 9.17) is 22.1 Å². The molecule has 2 rings (SSSR count). The van der Waals surface area contributed by atoms with Gasteiger partial charge in [-0.3, -0.25) is 0 Å². The third kappa shape index (κ3) is 2.78. The number of benzene rings is 2. The summed E-state index contributed by atoms with van der Waals surface area (Å²) in [6, 6.07) is 8.28. The maximum Gasteiger partial charge on any atom is 0.162 e. The van der Waals surface area contributed by atoms with Gasteiger partial charge in [0, 0.05) is 23.2 Å². The lowest BCUT2D eigenvalue weighted by Crippen LogP contribution is -1.99. The van der Waals surface area contributed by atoms with Gasteiger partial charge in [0.25, 0.3) is 0 Å². The van der Waals surface area contributed by atoms with Crippen LogP contribution in [0.2, 0.25) is 5.02 Å². The molecule has 0 bridgehead atoms. The van der Waals surface area contributed by atoms with E-state index in [0.717, 1.165) is 17.7 Å². The second kappa shape index (κ2) is 5.33. The van der Waals surface area contributed by atoms with Gasteiger partial charge in [0.2, 0.25) is 0 Å². The van der Waals surface area contributed by atoms with E-state index in [0.29, 0.717) is 10.8 Å². The van der Waals surface area contributed by atoms with Crippen molar-refractivity contribution in [3.8, 4) is 11.5 Å². The van der Waals surface area contributed by atoms with Crippen molar-refractivity contribution in [1.82, 2.24) is 0 Å². The summed E-state index contributed by atoms with van der Waals surface area (Å²) in [6.07, 6.45) is 0. The largest absolute Gasteiger partial charge is 0.457 e. The number of nitrogens with two attached hydrogens (primary N) is 1. The standard InChI is InChI=1S/C13H10ClF2NO/c14-9-2-1-8(7-17)13(5-9)18-10-3-4-11(15)12(16)6-10/h1-6H,7,17H2. The SMILES string of the molecule is NCc1ccc(Cl)cc1Oc1ccc(F)c(F)c1. The first-order valence-electron chi connectivity index (χ1n) is 5.21. The van der Waals surface area contributed by atoms with Crippen molar-refractivity contribution >= 4 is 11.6 Å². The zero-order valence-electron chi connectivity index (χ0n) is 9.29. The molecule has 18 heavy (non-hydrogen) atoms. The summed E-state index contributed by atoms with van der Waals surface area (Å²) < 4.78 is 31.3. The lowest BCUT2D eigenvalue weighted by molar-refractivity contribution is 0.457. The van der Waals surface area contributed by atoms with Crippen molar-refractivity contribution in [3.05, 3.63) is 58.6 Å². The van der Waals surface area contributed by atoms with E-state index < -0.39 is 11.6 Å². The van der Waals surface area contributed by atoms with E-state index in [1.165, 1.54) is 6.07 Å². The van der Waals surface area contributed by atoms with Crippen LogP contribution in [0.3, 0.4) is 0 Å². The average molecular weight is 270 g/mol. The minimum absolute atomic E-state index is 0.186. The predicted molar refractivity (Wildman–Crippen MR) is 65.8 cm³/mol. The molecule has 2 N–H and O–H groups in total. The minimum atomic E-state index is -0.969. The van der Waals surface area contributed by atoms with Gasteiger partial charge < -0.3 is 10.5 Å². The topological polar surface area (TPSA) is 35.2 Å². The molecule has 0 spiro atoms. The maximum absolute atomic E-state index is 13.0. The molecule has 0 aliphatic heterocycles. The molecule has 2 aromatic carbocycles. The number of halogens is 3. The lowest BCUT2D eigenvalue weighted by Gasteiger charge is -2.10. The Morgan fingerprint density at radius 2 is 1.83 bits per heavy atom. The lowest BCUT2D eigenvalue weighted by atomic mass is 10.2. The van der Waals surface area contributed by atoms with E-state index in [2.05, 4.69) is 0 Å². The summed E-state index contributed by atoms with van der Waals surface area (Å²) in [4.78, 5) is 0. The smallest absolute Gasteiger partial charge is 0.162 e. The zero-order chi connectivity index (χ0) is 13.1. The van der Waals surface area contributed by atoms with E-state index >= 15 is 0 Å². The third-order valence-electron chi connectivity index (χ3n) is 2.37. The van der Waals surface area contributed by atoms with Crippen LogP contribution >= 0.6 is 11.6 Å². The van der Waals surface area contributed by atoms with Crippen LogP contribution in [-0.2, 0) is 6.54 Å². The van der Waals surface area contributed by atoms with Gasteiger partial charge in [0.1, 0.15) is 11.5 Å². The predicted octanol–water partition coefficient (Wildman–Crippen LogP) is 3.87. The first-order valence-corrected chi connectivity index (χ1v) is 5.59. The van der Waals surface area contributed by atoms with Crippen LogP contribution in [0.15, 0.2) is 36.4 Å². The van der Waals surface area contributed by atoms with E-state index in [1.54, 1.807) is 18.2 Å². The van der Waals surface area contributed by atoms with Crippen molar-refractivity contribution in [2.75, 3.05) is 0 Å². The monoisotopic (exact) mass is 269 g/mol. The number of ether oxygens (including phenoxy) is 1. The van der Waals surface area contributed by atoms with E-state index in [-0.39, 0.29) is 12.3 Å². The highest BCUT2D eigenvalue weighted by Gasteiger charge is 2.07. The zero-order valence-corrected chi connectivity index (χ0v) is 10.0. The van der Waals surface area contributed by atoms with Gasteiger partial charge in [-0.25, -0.2) is 8.78 Å². The van der Waals surface area contributed by atoms with Crippen molar-refractivity contribution in [2.24, 2.45) is 5.73 Å². The van der Waals surface area contributed by atoms with E-state index in [9.17, 15) is 8.78 Å².